The van der Waals surface area contributed by atoms with E-state index in [1.54, 1.807) is 0 Å². The van der Waals surface area contributed by atoms with Crippen molar-refractivity contribution in [2.45, 2.75) is 19.5 Å². The van der Waals surface area contributed by atoms with E-state index in [2.05, 4.69) is 15.0 Å². The number of nitrogens with zero attached hydrogens (tertiary/aromatic N) is 1. The third-order valence-corrected chi connectivity index (χ3v) is 4.26. The van der Waals surface area contributed by atoms with E-state index in [1.165, 1.54) is 30.6 Å². The molecule has 5 nitrogen and oxygen atoms in total. The summed E-state index contributed by atoms with van der Waals surface area (Å²) in [4.78, 5) is 16.2. The summed E-state index contributed by atoms with van der Waals surface area (Å²) < 4.78 is 35.4. The molecule has 0 bridgehead atoms. The number of ether oxygens (including phenoxy) is 2. The van der Waals surface area contributed by atoms with Gasteiger partial charge in [0.1, 0.15) is 0 Å². The molecule has 1 fully saturated rings. The van der Waals surface area contributed by atoms with Crippen LogP contribution in [0.25, 0.3) is 0 Å². The van der Waals surface area contributed by atoms with Gasteiger partial charge in [-0.2, -0.15) is 8.78 Å². The Morgan fingerprint density at radius 3 is 2.54 bits per heavy atom. The highest BCUT2D eigenvalue weighted by Gasteiger charge is 2.23. The van der Waals surface area contributed by atoms with Crippen molar-refractivity contribution in [1.82, 2.24) is 4.98 Å². The number of aromatic nitrogens is 1. The highest BCUT2D eigenvalue weighted by atomic mass is 35.5. The Morgan fingerprint density at radius 1 is 1.23 bits per heavy atom. The lowest BCUT2D eigenvalue weighted by Crippen LogP contribution is -2.14. The van der Waals surface area contributed by atoms with Gasteiger partial charge < -0.3 is 14.8 Å². The SMILES string of the molecule is O=C(Nc1c(Cl)cncc1Cl)c1ccc(OCC2CC2)c(OC(F)F)c1. The lowest BCUT2D eigenvalue weighted by molar-refractivity contribution is -0.0515. The van der Waals surface area contributed by atoms with Gasteiger partial charge in [0.2, 0.25) is 0 Å². The van der Waals surface area contributed by atoms with Gasteiger partial charge in [-0.15, -0.1) is 0 Å². The zero-order valence-corrected chi connectivity index (χ0v) is 14.9. The largest absolute Gasteiger partial charge is 0.489 e. The van der Waals surface area contributed by atoms with Crippen molar-refractivity contribution < 1.29 is 23.0 Å². The van der Waals surface area contributed by atoms with Crippen LogP contribution in [-0.2, 0) is 0 Å². The van der Waals surface area contributed by atoms with Gasteiger partial charge in [0.15, 0.2) is 11.5 Å². The van der Waals surface area contributed by atoms with E-state index >= 15 is 0 Å². The summed E-state index contributed by atoms with van der Waals surface area (Å²) >= 11 is 11.9. The Bertz CT molecular complexity index is 796. The van der Waals surface area contributed by atoms with Crippen LogP contribution in [0.4, 0.5) is 14.5 Å². The first kappa shape index (κ1) is 18.7. The van der Waals surface area contributed by atoms with Crippen molar-refractivity contribution in [3.8, 4) is 11.5 Å². The quantitative estimate of drug-likeness (QED) is 0.705. The maximum absolute atomic E-state index is 12.7. The van der Waals surface area contributed by atoms with E-state index in [1.807, 2.05) is 0 Å². The lowest BCUT2D eigenvalue weighted by atomic mass is 10.2. The highest BCUT2D eigenvalue weighted by Crippen LogP contribution is 2.35. The van der Waals surface area contributed by atoms with Crippen LogP contribution in [0.15, 0.2) is 30.6 Å². The minimum Gasteiger partial charge on any atom is -0.489 e. The summed E-state index contributed by atoms with van der Waals surface area (Å²) in [5.74, 6) is -0.199. The molecular formula is C17H14Cl2F2N2O3. The van der Waals surface area contributed by atoms with Gasteiger partial charge in [-0.25, -0.2) is 0 Å². The van der Waals surface area contributed by atoms with Gasteiger partial charge in [-0.3, -0.25) is 9.78 Å². The fraction of sp³-hybridized carbons (Fsp3) is 0.294. The average molecular weight is 403 g/mol. The first-order chi connectivity index (χ1) is 12.4. The summed E-state index contributed by atoms with van der Waals surface area (Å²) in [5.41, 5.74) is 0.266. The van der Waals surface area contributed by atoms with Crippen molar-refractivity contribution in [1.29, 1.82) is 0 Å². The van der Waals surface area contributed by atoms with E-state index in [-0.39, 0.29) is 32.8 Å². The molecule has 0 unspecified atom stereocenters. The Kier molecular flexibility index (Phi) is 5.78. The maximum atomic E-state index is 12.7. The van der Waals surface area contributed by atoms with E-state index in [0.29, 0.717) is 12.5 Å². The summed E-state index contributed by atoms with van der Waals surface area (Å²) in [6.45, 7) is -2.62. The number of carbonyl (C=O) groups is 1. The second kappa shape index (κ2) is 8.05. The van der Waals surface area contributed by atoms with Crippen molar-refractivity contribution >= 4 is 34.8 Å². The zero-order chi connectivity index (χ0) is 18.7. The smallest absolute Gasteiger partial charge is 0.387 e. The van der Waals surface area contributed by atoms with Gasteiger partial charge in [-0.1, -0.05) is 23.2 Å². The van der Waals surface area contributed by atoms with E-state index in [0.717, 1.165) is 12.8 Å². The molecule has 1 heterocycles. The molecule has 3 rings (SSSR count). The average Bonchev–Trinajstić information content (AvgIpc) is 3.41. The van der Waals surface area contributed by atoms with E-state index < -0.39 is 12.5 Å². The lowest BCUT2D eigenvalue weighted by Gasteiger charge is -2.14. The van der Waals surface area contributed by atoms with E-state index in [4.69, 9.17) is 27.9 Å². The van der Waals surface area contributed by atoms with Crippen LogP contribution >= 0.6 is 23.2 Å². The van der Waals surface area contributed by atoms with Crippen LogP contribution in [0, 0.1) is 5.92 Å². The number of hydrogen-bond donors (Lipinski definition) is 1. The van der Waals surface area contributed by atoms with Crippen LogP contribution in [0.3, 0.4) is 0 Å². The van der Waals surface area contributed by atoms with Gasteiger partial charge >= 0.3 is 6.61 Å². The van der Waals surface area contributed by atoms with Crippen molar-refractivity contribution in [3.05, 3.63) is 46.2 Å². The molecule has 1 aliphatic carbocycles. The molecule has 0 spiro atoms. The highest BCUT2D eigenvalue weighted by molar-refractivity contribution is 6.39. The number of halogens is 4. The molecule has 138 valence electrons. The summed E-state index contributed by atoms with van der Waals surface area (Å²) in [6, 6.07) is 4.05. The van der Waals surface area contributed by atoms with E-state index in [9.17, 15) is 13.6 Å². The van der Waals surface area contributed by atoms with Gasteiger partial charge in [0.25, 0.3) is 5.91 Å². The Hall–Kier alpha value is -2.12. The molecular weight excluding hydrogens is 389 g/mol. The van der Waals surface area contributed by atoms with Gasteiger partial charge in [-0.05, 0) is 37.0 Å². The molecule has 1 saturated carbocycles. The second-order valence-electron chi connectivity index (χ2n) is 5.73. The van der Waals surface area contributed by atoms with Gasteiger partial charge in [0, 0.05) is 18.0 Å². The topological polar surface area (TPSA) is 60.5 Å². The first-order valence-corrected chi connectivity index (χ1v) is 8.51. The zero-order valence-electron chi connectivity index (χ0n) is 13.3. The van der Waals surface area contributed by atoms with Crippen LogP contribution in [0.2, 0.25) is 10.0 Å². The summed E-state index contributed by atoms with van der Waals surface area (Å²) in [5, 5.41) is 2.83. The van der Waals surface area contributed by atoms with Crippen molar-refractivity contribution in [3.63, 3.8) is 0 Å². The fourth-order valence-electron chi connectivity index (χ4n) is 2.17. The number of amides is 1. The minimum absolute atomic E-state index is 0.0865. The summed E-state index contributed by atoms with van der Waals surface area (Å²) in [6.07, 6.45) is 4.75. The Balaban J connectivity index is 1.80. The van der Waals surface area contributed by atoms with Crippen LogP contribution in [0.1, 0.15) is 23.2 Å². The third kappa shape index (κ3) is 4.74. The number of hydrogen-bond acceptors (Lipinski definition) is 4. The summed E-state index contributed by atoms with van der Waals surface area (Å²) in [7, 11) is 0. The molecule has 26 heavy (non-hydrogen) atoms. The molecule has 9 heteroatoms. The van der Waals surface area contributed by atoms with Gasteiger partial charge in [0.05, 0.1) is 22.3 Å². The monoisotopic (exact) mass is 402 g/mol. The second-order valence-corrected chi connectivity index (χ2v) is 6.54. The number of benzene rings is 1. The molecule has 0 atom stereocenters. The van der Waals surface area contributed by atoms with Crippen LogP contribution in [0.5, 0.6) is 11.5 Å². The van der Waals surface area contributed by atoms with Crippen molar-refractivity contribution in [2.75, 3.05) is 11.9 Å². The number of anilines is 1. The molecule has 0 saturated heterocycles. The third-order valence-electron chi connectivity index (χ3n) is 3.69. The molecule has 1 aromatic heterocycles. The molecule has 1 N–H and O–H groups in total. The molecule has 0 radical (unpaired) electrons. The van der Waals surface area contributed by atoms with Crippen molar-refractivity contribution in [2.24, 2.45) is 5.92 Å². The normalized spacial score (nSPS) is 13.6. The standard InChI is InChI=1S/C17H14Cl2F2N2O3/c18-11-6-22-7-12(19)15(11)23-16(24)10-3-4-13(25-8-9-1-2-9)14(5-10)26-17(20)21/h3-7,9,17H,1-2,8H2,(H,22,23,24). The fourth-order valence-corrected chi connectivity index (χ4v) is 2.62. The first-order valence-electron chi connectivity index (χ1n) is 7.76. The molecule has 1 aromatic carbocycles. The number of alkyl halides is 2. The predicted molar refractivity (Wildman–Crippen MR) is 93.5 cm³/mol. The maximum Gasteiger partial charge on any atom is 0.387 e. The number of rotatable bonds is 7. The number of carbonyl (C=O) groups excluding carboxylic acids is 1. The number of nitrogens with one attached hydrogen (secondary N) is 1. The predicted octanol–water partition coefficient (Wildman–Crippen LogP) is 5.03. The Labute approximate surface area is 158 Å². The molecule has 1 amide bonds. The minimum atomic E-state index is -3.04. The molecule has 0 aliphatic heterocycles. The molecule has 2 aromatic rings. The molecule has 1 aliphatic rings. The number of pyridine rings is 1. The van der Waals surface area contributed by atoms with Crippen LogP contribution in [-0.4, -0.2) is 24.1 Å². The van der Waals surface area contributed by atoms with Crippen LogP contribution < -0.4 is 14.8 Å². The Morgan fingerprint density at radius 2 is 1.92 bits per heavy atom.